The number of nitrogens with one attached hydrogen (secondary N) is 2. The lowest BCUT2D eigenvalue weighted by atomic mass is 10.1. The van der Waals surface area contributed by atoms with E-state index in [0.717, 1.165) is 17.0 Å². The predicted molar refractivity (Wildman–Crippen MR) is 84.9 cm³/mol. The number of para-hydroxylation sites is 1. The number of aliphatic hydroxyl groups excluding tert-OH is 1. The number of β-amino-alcohol motifs (C(OH)–C–C–N with tert-alkyl or cyclic N) is 1. The van der Waals surface area contributed by atoms with Gasteiger partial charge in [-0.2, -0.15) is 0 Å². The summed E-state index contributed by atoms with van der Waals surface area (Å²) in [5.74, 6) is -2.56. The number of halogens is 3. The van der Waals surface area contributed by atoms with Crippen molar-refractivity contribution >= 4 is 29.9 Å². The van der Waals surface area contributed by atoms with E-state index in [-0.39, 0.29) is 37.5 Å². The van der Waals surface area contributed by atoms with Crippen LogP contribution in [-0.2, 0) is 9.59 Å². The molecular weight excluding hydrogens is 344 g/mol. The molecule has 2 saturated heterocycles. The van der Waals surface area contributed by atoms with E-state index in [1.165, 1.54) is 6.07 Å². The van der Waals surface area contributed by atoms with Crippen LogP contribution in [0.15, 0.2) is 18.2 Å². The van der Waals surface area contributed by atoms with Crippen molar-refractivity contribution in [1.82, 2.24) is 10.6 Å². The Balaban J connectivity index is 0.00000208. The Morgan fingerprint density at radius 3 is 2.58 bits per heavy atom. The second-order valence-electron chi connectivity index (χ2n) is 5.76. The standard InChI is InChI=1S/C15H17F2N3O3.ClH/c16-9-2-1-3-10(17)13(9)20-5-4-11(15(20)23)19-14(22)12-6-8(21)7-18-12;/h1-3,8,11-12,18,21H,4-7H2,(H,19,22);1H. The molecule has 0 saturated carbocycles. The second kappa shape index (κ2) is 7.42. The third-order valence-corrected chi connectivity index (χ3v) is 4.15. The van der Waals surface area contributed by atoms with Crippen molar-refractivity contribution in [1.29, 1.82) is 0 Å². The van der Waals surface area contributed by atoms with Crippen LogP contribution < -0.4 is 15.5 Å². The van der Waals surface area contributed by atoms with Crippen molar-refractivity contribution in [3.05, 3.63) is 29.8 Å². The third kappa shape index (κ3) is 3.50. The van der Waals surface area contributed by atoms with Gasteiger partial charge in [-0.05, 0) is 25.0 Å². The number of amides is 2. The quantitative estimate of drug-likeness (QED) is 0.725. The molecule has 132 valence electrons. The molecule has 3 atom stereocenters. The summed E-state index contributed by atoms with van der Waals surface area (Å²) in [6.07, 6.45) is -0.0412. The molecule has 6 nitrogen and oxygen atoms in total. The first-order chi connectivity index (χ1) is 11.0. The molecule has 0 spiro atoms. The van der Waals surface area contributed by atoms with Crippen LogP contribution in [0, 0.1) is 11.6 Å². The number of carbonyl (C=O) groups is 2. The summed E-state index contributed by atoms with van der Waals surface area (Å²) in [4.78, 5) is 25.4. The molecule has 3 unspecified atom stereocenters. The molecule has 0 aromatic heterocycles. The van der Waals surface area contributed by atoms with Gasteiger partial charge in [0.05, 0.1) is 12.1 Å². The molecule has 2 fully saturated rings. The first kappa shape index (κ1) is 18.6. The Kier molecular flexibility index (Phi) is 5.74. The molecule has 0 aliphatic carbocycles. The van der Waals surface area contributed by atoms with Gasteiger partial charge in [-0.3, -0.25) is 9.59 Å². The molecule has 1 aromatic carbocycles. The van der Waals surface area contributed by atoms with Crippen molar-refractivity contribution in [3.63, 3.8) is 0 Å². The van der Waals surface area contributed by atoms with Gasteiger partial charge in [0, 0.05) is 13.1 Å². The summed E-state index contributed by atoms with van der Waals surface area (Å²) in [7, 11) is 0. The SMILES string of the molecule is Cl.O=C(NC1CCN(c2c(F)cccc2F)C1=O)C1CC(O)CN1. The van der Waals surface area contributed by atoms with Crippen LogP contribution in [0.3, 0.4) is 0 Å². The highest BCUT2D eigenvalue weighted by molar-refractivity contribution is 6.02. The van der Waals surface area contributed by atoms with Gasteiger partial charge >= 0.3 is 0 Å². The van der Waals surface area contributed by atoms with E-state index in [1.54, 1.807) is 0 Å². The van der Waals surface area contributed by atoms with Crippen molar-refractivity contribution in [2.45, 2.75) is 31.0 Å². The van der Waals surface area contributed by atoms with E-state index in [2.05, 4.69) is 10.6 Å². The van der Waals surface area contributed by atoms with Crippen LogP contribution in [0.4, 0.5) is 14.5 Å². The van der Waals surface area contributed by atoms with E-state index in [4.69, 9.17) is 0 Å². The van der Waals surface area contributed by atoms with Crippen molar-refractivity contribution in [2.75, 3.05) is 18.0 Å². The van der Waals surface area contributed by atoms with Gasteiger partial charge in [0.15, 0.2) is 0 Å². The highest BCUT2D eigenvalue weighted by Crippen LogP contribution is 2.27. The fourth-order valence-corrected chi connectivity index (χ4v) is 2.97. The molecule has 2 heterocycles. The molecule has 2 aliphatic heterocycles. The van der Waals surface area contributed by atoms with Crippen LogP contribution in [0.25, 0.3) is 0 Å². The number of benzene rings is 1. The normalized spacial score (nSPS) is 26.4. The van der Waals surface area contributed by atoms with Crippen LogP contribution in [0.2, 0.25) is 0 Å². The largest absolute Gasteiger partial charge is 0.392 e. The van der Waals surface area contributed by atoms with E-state index in [0.29, 0.717) is 6.54 Å². The number of carbonyl (C=O) groups excluding carboxylic acids is 2. The topological polar surface area (TPSA) is 81.7 Å². The highest BCUT2D eigenvalue weighted by atomic mass is 35.5. The van der Waals surface area contributed by atoms with Crippen LogP contribution in [0.5, 0.6) is 0 Å². The smallest absolute Gasteiger partial charge is 0.249 e. The number of hydrogen-bond acceptors (Lipinski definition) is 4. The minimum absolute atomic E-state index is 0. The molecule has 3 rings (SSSR count). The lowest BCUT2D eigenvalue weighted by Crippen LogP contribution is -2.48. The monoisotopic (exact) mass is 361 g/mol. The number of hydrogen-bond donors (Lipinski definition) is 3. The van der Waals surface area contributed by atoms with Gasteiger partial charge in [-0.15, -0.1) is 12.4 Å². The maximum atomic E-state index is 13.8. The van der Waals surface area contributed by atoms with Crippen LogP contribution in [0.1, 0.15) is 12.8 Å². The van der Waals surface area contributed by atoms with E-state index >= 15 is 0 Å². The first-order valence-electron chi connectivity index (χ1n) is 7.44. The molecular formula is C15H18ClF2N3O3. The number of aliphatic hydroxyl groups is 1. The number of anilines is 1. The van der Waals surface area contributed by atoms with E-state index in [9.17, 15) is 23.5 Å². The van der Waals surface area contributed by atoms with Crippen LogP contribution >= 0.6 is 12.4 Å². The van der Waals surface area contributed by atoms with E-state index < -0.39 is 41.6 Å². The zero-order valence-electron chi connectivity index (χ0n) is 12.7. The fraction of sp³-hybridized carbons (Fsp3) is 0.467. The Morgan fingerprint density at radius 2 is 2.00 bits per heavy atom. The molecule has 0 radical (unpaired) electrons. The van der Waals surface area contributed by atoms with Crippen LogP contribution in [-0.4, -0.2) is 48.2 Å². The molecule has 9 heteroatoms. The average molecular weight is 362 g/mol. The van der Waals surface area contributed by atoms with Gasteiger partial charge < -0.3 is 20.6 Å². The lowest BCUT2D eigenvalue weighted by molar-refractivity contribution is -0.127. The average Bonchev–Trinajstić information content (AvgIpc) is 3.08. The van der Waals surface area contributed by atoms with Gasteiger partial charge in [0.1, 0.15) is 23.4 Å². The van der Waals surface area contributed by atoms with Crippen molar-refractivity contribution < 1.29 is 23.5 Å². The minimum atomic E-state index is -0.818. The summed E-state index contributed by atoms with van der Waals surface area (Å²) >= 11 is 0. The summed E-state index contributed by atoms with van der Waals surface area (Å²) in [6, 6.07) is 2.02. The fourth-order valence-electron chi connectivity index (χ4n) is 2.97. The van der Waals surface area contributed by atoms with Gasteiger partial charge in [0.2, 0.25) is 11.8 Å². The summed E-state index contributed by atoms with van der Waals surface area (Å²) in [6.45, 7) is 0.450. The summed E-state index contributed by atoms with van der Waals surface area (Å²) in [5, 5.41) is 14.8. The molecule has 2 amide bonds. The van der Waals surface area contributed by atoms with E-state index in [1.807, 2.05) is 0 Å². The summed E-state index contributed by atoms with van der Waals surface area (Å²) < 4.78 is 27.6. The molecule has 2 aliphatic rings. The predicted octanol–water partition coefficient (Wildman–Crippen LogP) is 0.331. The Hall–Kier alpha value is -1.77. The van der Waals surface area contributed by atoms with Gasteiger partial charge in [-0.25, -0.2) is 8.78 Å². The lowest BCUT2D eigenvalue weighted by Gasteiger charge is -2.19. The maximum absolute atomic E-state index is 13.8. The third-order valence-electron chi connectivity index (χ3n) is 4.15. The van der Waals surface area contributed by atoms with Gasteiger partial charge in [0.25, 0.3) is 0 Å². The summed E-state index contributed by atoms with van der Waals surface area (Å²) in [5.41, 5.74) is -0.385. The second-order valence-corrected chi connectivity index (χ2v) is 5.76. The minimum Gasteiger partial charge on any atom is -0.392 e. The Labute approximate surface area is 143 Å². The zero-order valence-corrected chi connectivity index (χ0v) is 13.5. The Morgan fingerprint density at radius 1 is 1.33 bits per heavy atom. The van der Waals surface area contributed by atoms with Gasteiger partial charge in [-0.1, -0.05) is 6.07 Å². The molecule has 3 N–H and O–H groups in total. The molecule has 0 bridgehead atoms. The first-order valence-corrected chi connectivity index (χ1v) is 7.44. The highest BCUT2D eigenvalue weighted by Gasteiger charge is 2.38. The molecule has 24 heavy (non-hydrogen) atoms. The van der Waals surface area contributed by atoms with Crippen molar-refractivity contribution in [3.8, 4) is 0 Å². The number of rotatable bonds is 3. The zero-order chi connectivity index (χ0) is 16.6. The Bertz CT molecular complexity index is 626. The maximum Gasteiger partial charge on any atom is 0.249 e. The molecule has 1 aromatic rings. The number of nitrogens with zero attached hydrogens (tertiary/aromatic N) is 1. The van der Waals surface area contributed by atoms with Crippen molar-refractivity contribution in [2.24, 2.45) is 0 Å².